The zero-order chi connectivity index (χ0) is 13.7. The number of nitrogens with one attached hydrogen (secondary N) is 1. The van der Waals surface area contributed by atoms with E-state index in [1.165, 1.54) is 0 Å². The van der Waals surface area contributed by atoms with Crippen molar-refractivity contribution >= 4 is 17.2 Å². The molecular formula is C14H20N4S. The highest BCUT2D eigenvalue weighted by Crippen LogP contribution is 2.22. The highest BCUT2D eigenvalue weighted by molar-refractivity contribution is 7.13. The van der Waals surface area contributed by atoms with Crippen LogP contribution in [0.15, 0.2) is 17.8 Å². The van der Waals surface area contributed by atoms with Gasteiger partial charge in [-0.05, 0) is 18.8 Å². The van der Waals surface area contributed by atoms with E-state index in [0.717, 1.165) is 41.6 Å². The molecular weight excluding hydrogens is 256 g/mol. The molecule has 0 atom stereocenters. The minimum atomic E-state index is 0.586. The first-order valence-electron chi connectivity index (χ1n) is 6.69. The topological polar surface area (TPSA) is 50.7 Å². The van der Waals surface area contributed by atoms with Crippen molar-refractivity contribution in [1.29, 1.82) is 0 Å². The van der Waals surface area contributed by atoms with Gasteiger partial charge < -0.3 is 5.32 Å². The van der Waals surface area contributed by atoms with Crippen molar-refractivity contribution in [3.63, 3.8) is 0 Å². The van der Waals surface area contributed by atoms with E-state index in [0.29, 0.717) is 5.92 Å². The molecule has 0 saturated heterocycles. The molecule has 2 rings (SSSR count). The van der Waals surface area contributed by atoms with Crippen molar-refractivity contribution in [3.05, 3.63) is 23.5 Å². The second-order valence-corrected chi connectivity index (χ2v) is 5.84. The van der Waals surface area contributed by atoms with Gasteiger partial charge in [-0.2, -0.15) is 0 Å². The summed E-state index contributed by atoms with van der Waals surface area (Å²) in [6.07, 6.45) is 3.87. The Morgan fingerprint density at radius 1 is 1.32 bits per heavy atom. The third-order valence-corrected chi connectivity index (χ3v) is 3.37. The second kappa shape index (κ2) is 6.61. The first kappa shape index (κ1) is 13.9. The van der Waals surface area contributed by atoms with Gasteiger partial charge in [-0.1, -0.05) is 20.8 Å². The molecule has 0 saturated carbocycles. The van der Waals surface area contributed by atoms with Crippen LogP contribution in [0.1, 0.15) is 32.9 Å². The summed E-state index contributed by atoms with van der Waals surface area (Å²) in [6, 6.07) is 2.06. The molecule has 0 aliphatic rings. The number of hydrogen-bond acceptors (Lipinski definition) is 5. The van der Waals surface area contributed by atoms with Crippen LogP contribution in [-0.2, 0) is 6.42 Å². The molecule has 0 unspecified atom stereocenters. The number of hydrogen-bond donors (Lipinski definition) is 1. The van der Waals surface area contributed by atoms with Crippen molar-refractivity contribution in [2.24, 2.45) is 5.92 Å². The molecule has 1 N–H and O–H groups in total. The van der Waals surface area contributed by atoms with Crippen LogP contribution in [0.4, 0.5) is 5.82 Å². The number of thiazole rings is 1. The molecule has 2 aromatic heterocycles. The third kappa shape index (κ3) is 3.99. The zero-order valence-corrected chi connectivity index (χ0v) is 12.5. The fourth-order valence-electron chi connectivity index (χ4n) is 1.80. The Hall–Kier alpha value is -1.49. The summed E-state index contributed by atoms with van der Waals surface area (Å²) in [7, 11) is 0. The summed E-state index contributed by atoms with van der Waals surface area (Å²) in [5, 5.41) is 3.34. The smallest absolute Gasteiger partial charge is 0.173 e. The van der Waals surface area contributed by atoms with Crippen LogP contribution < -0.4 is 5.32 Å². The van der Waals surface area contributed by atoms with E-state index < -0.39 is 0 Å². The Morgan fingerprint density at radius 2 is 2.16 bits per heavy atom. The van der Waals surface area contributed by atoms with Crippen molar-refractivity contribution in [2.45, 2.75) is 33.6 Å². The standard InChI is InChI=1S/C14H20N4S/c1-4-5-16-13-7-11(6-10(2)3)17-14(18-13)12-8-15-9-19-12/h7-10H,4-6H2,1-3H3,(H,16,17,18). The molecule has 0 aliphatic heterocycles. The molecule has 2 heterocycles. The van der Waals surface area contributed by atoms with Gasteiger partial charge >= 0.3 is 0 Å². The number of anilines is 1. The monoisotopic (exact) mass is 276 g/mol. The van der Waals surface area contributed by atoms with Gasteiger partial charge in [-0.3, -0.25) is 4.98 Å². The van der Waals surface area contributed by atoms with Gasteiger partial charge in [-0.25, -0.2) is 9.97 Å². The van der Waals surface area contributed by atoms with Crippen molar-refractivity contribution < 1.29 is 0 Å². The second-order valence-electron chi connectivity index (χ2n) is 4.96. The largest absolute Gasteiger partial charge is 0.370 e. The molecule has 2 aromatic rings. The first-order valence-corrected chi connectivity index (χ1v) is 7.57. The lowest BCUT2D eigenvalue weighted by atomic mass is 10.1. The van der Waals surface area contributed by atoms with Gasteiger partial charge in [0.25, 0.3) is 0 Å². The molecule has 5 heteroatoms. The number of nitrogens with zero attached hydrogens (tertiary/aromatic N) is 3. The summed E-state index contributed by atoms with van der Waals surface area (Å²) in [6.45, 7) is 7.48. The molecule has 0 aromatic carbocycles. The third-order valence-electron chi connectivity index (χ3n) is 2.61. The number of rotatable bonds is 6. The lowest BCUT2D eigenvalue weighted by Gasteiger charge is -2.10. The summed E-state index contributed by atoms with van der Waals surface area (Å²) in [5.41, 5.74) is 2.90. The van der Waals surface area contributed by atoms with Crippen LogP contribution >= 0.6 is 11.3 Å². The van der Waals surface area contributed by atoms with E-state index in [4.69, 9.17) is 0 Å². The maximum absolute atomic E-state index is 4.64. The van der Waals surface area contributed by atoms with Gasteiger partial charge in [0.1, 0.15) is 5.82 Å². The maximum atomic E-state index is 4.64. The predicted octanol–water partition coefficient (Wildman–Crippen LogP) is 3.62. The lowest BCUT2D eigenvalue weighted by molar-refractivity contribution is 0.635. The van der Waals surface area contributed by atoms with Crippen LogP contribution in [0.5, 0.6) is 0 Å². The van der Waals surface area contributed by atoms with E-state index in [1.54, 1.807) is 11.3 Å². The fourth-order valence-corrected chi connectivity index (χ4v) is 2.35. The average Bonchev–Trinajstić information content (AvgIpc) is 2.89. The molecule has 0 bridgehead atoms. The van der Waals surface area contributed by atoms with E-state index >= 15 is 0 Å². The molecule has 4 nitrogen and oxygen atoms in total. The van der Waals surface area contributed by atoms with E-state index in [2.05, 4.69) is 47.1 Å². The Labute approximate surface area is 118 Å². The normalized spacial score (nSPS) is 10.9. The summed E-state index contributed by atoms with van der Waals surface area (Å²) in [5.74, 6) is 2.28. The molecule has 0 spiro atoms. The Morgan fingerprint density at radius 3 is 2.79 bits per heavy atom. The average molecular weight is 276 g/mol. The fraction of sp³-hybridized carbons (Fsp3) is 0.500. The van der Waals surface area contributed by atoms with E-state index in [-0.39, 0.29) is 0 Å². The van der Waals surface area contributed by atoms with Crippen LogP contribution in [0, 0.1) is 5.92 Å². The molecule has 0 amide bonds. The Bertz CT molecular complexity index is 508. The number of aromatic nitrogens is 3. The molecule has 0 radical (unpaired) electrons. The zero-order valence-electron chi connectivity index (χ0n) is 11.7. The predicted molar refractivity (Wildman–Crippen MR) is 80.5 cm³/mol. The molecule has 0 fully saturated rings. The van der Waals surface area contributed by atoms with Crippen LogP contribution in [0.2, 0.25) is 0 Å². The van der Waals surface area contributed by atoms with Gasteiger partial charge in [0.2, 0.25) is 0 Å². The van der Waals surface area contributed by atoms with Crippen LogP contribution in [-0.4, -0.2) is 21.5 Å². The minimum absolute atomic E-state index is 0.586. The summed E-state index contributed by atoms with van der Waals surface area (Å²) < 4.78 is 0. The van der Waals surface area contributed by atoms with E-state index in [1.807, 2.05) is 11.7 Å². The highest BCUT2D eigenvalue weighted by atomic mass is 32.1. The highest BCUT2D eigenvalue weighted by Gasteiger charge is 2.09. The minimum Gasteiger partial charge on any atom is -0.370 e. The lowest BCUT2D eigenvalue weighted by Crippen LogP contribution is -2.06. The van der Waals surface area contributed by atoms with Gasteiger partial charge in [-0.15, -0.1) is 11.3 Å². The van der Waals surface area contributed by atoms with Gasteiger partial charge in [0.05, 0.1) is 10.4 Å². The van der Waals surface area contributed by atoms with E-state index in [9.17, 15) is 0 Å². The summed E-state index contributed by atoms with van der Waals surface area (Å²) >= 11 is 1.57. The van der Waals surface area contributed by atoms with Crippen LogP contribution in [0.3, 0.4) is 0 Å². The molecule has 19 heavy (non-hydrogen) atoms. The Kier molecular flexibility index (Phi) is 4.85. The molecule has 0 aliphatic carbocycles. The maximum Gasteiger partial charge on any atom is 0.173 e. The van der Waals surface area contributed by atoms with Crippen LogP contribution in [0.25, 0.3) is 10.7 Å². The van der Waals surface area contributed by atoms with Crippen molar-refractivity contribution in [2.75, 3.05) is 11.9 Å². The quantitative estimate of drug-likeness (QED) is 0.875. The SMILES string of the molecule is CCCNc1cc(CC(C)C)nc(-c2cncs2)n1. The van der Waals surface area contributed by atoms with Crippen molar-refractivity contribution in [3.8, 4) is 10.7 Å². The van der Waals surface area contributed by atoms with Gasteiger partial charge in [0.15, 0.2) is 5.82 Å². The van der Waals surface area contributed by atoms with Gasteiger partial charge in [0, 0.05) is 24.5 Å². The first-order chi connectivity index (χ1) is 9.19. The van der Waals surface area contributed by atoms with Crippen molar-refractivity contribution in [1.82, 2.24) is 15.0 Å². The summed E-state index contributed by atoms with van der Waals surface area (Å²) in [4.78, 5) is 14.3. The Balaban J connectivity index is 2.31. The molecule has 102 valence electrons.